The lowest BCUT2D eigenvalue weighted by atomic mass is 10.1. The average molecular weight is 341 g/mol. The number of hydrogen-bond acceptors (Lipinski definition) is 4. The Kier molecular flexibility index (Phi) is 6.37. The molecule has 2 rings (SSSR count). The first kappa shape index (κ1) is 17.7. The van der Waals surface area contributed by atoms with E-state index >= 15 is 0 Å². The summed E-state index contributed by atoms with van der Waals surface area (Å²) in [4.78, 5) is 11.7. The van der Waals surface area contributed by atoms with Crippen LogP contribution in [0.3, 0.4) is 0 Å². The van der Waals surface area contributed by atoms with Gasteiger partial charge in [-0.15, -0.1) is 0 Å². The number of hydrogen-bond donors (Lipinski definition) is 3. The molecule has 1 aromatic carbocycles. The van der Waals surface area contributed by atoms with E-state index in [0.29, 0.717) is 18.7 Å². The van der Waals surface area contributed by atoms with Crippen LogP contribution in [-0.2, 0) is 27.1 Å². The molecule has 0 spiro atoms. The maximum atomic E-state index is 11.7. The highest BCUT2D eigenvalue weighted by Gasteiger charge is 2.15. The number of ether oxygens (including phenoxy) is 1. The van der Waals surface area contributed by atoms with Crippen molar-refractivity contribution in [1.29, 1.82) is 0 Å². The zero-order valence-corrected chi connectivity index (χ0v) is 14.0. The molecule has 1 heterocycles. The molecule has 0 bridgehead atoms. The van der Waals surface area contributed by atoms with E-state index in [1.807, 2.05) is 0 Å². The number of carbonyl (C=O) groups is 1. The summed E-state index contributed by atoms with van der Waals surface area (Å²) in [7, 11) is -1.88. The number of sulfonamides is 1. The van der Waals surface area contributed by atoms with E-state index < -0.39 is 10.0 Å². The third-order valence-corrected chi connectivity index (χ3v) is 4.99. The van der Waals surface area contributed by atoms with Crippen LogP contribution in [0.5, 0.6) is 0 Å². The minimum Gasteiger partial charge on any atom is -0.376 e. The van der Waals surface area contributed by atoms with Gasteiger partial charge in [0.05, 0.1) is 11.9 Å². The van der Waals surface area contributed by atoms with Crippen LogP contribution in [0, 0.1) is 0 Å². The standard InChI is InChI=1S/C15H23N3O4S/c1-16-23(20,21)11-13-6-4-12(5-7-13)9-17-15(19)18-10-14-3-2-8-22-14/h4-7,14,16H,2-3,8-11H2,1H3,(H2,17,18,19)/t14-/m0/s1. The molecule has 0 aliphatic carbocycles. The monoisotopic (exact) mass is 341 g/mol. The third kappa shape index (κ3) is 6.17. The lowest BCUT2D eigenvalue weighted by Crippen LogP contribution is -2.39. The van der Waals surface area contributed by atoms with Crippen molar-refractivity contribution in [3.8, 4) is 0 Å². The van der Waals surface area contributed by atoms with E-state index in [9.17, 15) is 13.2 Å². The van der Waals surface area contributed by atoms with Crippen LogP contribution < -0.4 is 15.4 Å². The highest BCUT2D eigenvalue weighted by molar-refractivity contribution is 7.88. The van der Waals surface area contributed by atoms with Gasteiger partial charge in [-0.05, 0) is 31.0 Å². The summed E-state index contributed by atoms with van der Waals surface area (Å²) in [6.45, 7) is 1.67. The predicted molar refractivity (Wildman–Crippen MR) is 87.3 cm³/mol. The molecule has 3 N–H and O–H groups in total. The smallest absolute Gasteiger partial charge is 0.315 e. The zero-order chi connectivity index (χ0) is 16.7. The van der Waals surface area contributed by atoms with E-state index in [-0.39, 0.29) is 17.9 Å². The quantitative estimate of drug-likeness (QED) is 0.681. The Balaban J connectivity index is 1.73. The van der Waals surface area contributed by atoms with Crippen LogP contribution in [0.2, 0.25) is 0 Å². The van der Waals surface area contributed by atoms with Gasteiger partial charge in [-0.3, -0.25) is 0 Å². The van der Waals surface area contributed by atoms with Crippen molar-refractivity contribution in [1.82, 2.24) is 15.4 Å². The van der Waals surface area contributed by atoms with Gasteiger partial charge in [0.2, 0.25) is 10.0 Å². The number of benzene rings is 1. The van der Waals surface area contributed by atoms with Gasteiger partial charge in [-0.2, -0.15) is 0 Å². The number of carbonyl (C=O) groups excluding carboxylic acids is 1. The van der Waals surface area contributed by atoms with Crippen molar-refractivity contribution in [2.45, 2.75) is 31.2 Å². The summed E-state index contributed by atoms with van der Waals surface area (Å²) in [5.41, 5.74) is 1.61. The summed E-state index contributed by atoms with van der Waals surface area (Å²) in [5, 5.41) is 5.55. The van der Waals surface area contributed by atoms with Gasteiger partial charge in [0.1, 0.15) is 0 Å². The van der Waals surface area contributed by atoms with Crippen LogP contribution in [0.4, 0.5) is 4.79 Å². The Hall–Kier alpha value is -1.64. The van der Waals surface area contributed by atoms with E-state index in [4.69, 9.17) is 4.74 Å². The second-order valence-electron chi connectivity index (χ2n) is 5.48. The molecule has 0 saturated carbocycles. The van der Waals surface area contributed by atoms with Gasteiger partial charge in [-0.1, -0.05) is 24.3 Å². The van der Waals surface area contributed by atoms with Crippen LogP contribution >= 0.6 is 0 Å². The second kappa shape index (κ2) is 8.28. The fraction of sp³-hybridized carbons (Fsp3) is 0.533. The summed E-state index contributed by atoms with van der Waals surface area (Å²) in [5.74, 6) is -0.0565. The van der Waals surface area contributed by atoms with Gasteiger partial charge in [0, 0.05) is 19.7 Å². The molecule has 2 amide bonds. The maximum Gasteiger partial charge on any atom is 0.315 e. The fourth-order valence-corrected chi connectivity index (χ4v) is 3.08. The first-order chi connectivity index (χ1) is 11.0. The van der Waals surface area contributed by atoms with E-state index in [0.717, 1.165) is 25.0 Å². The average Bonchev–Trinajstić information content (AvgIpc) is 3.05. The largest absolute Gasteiger partial charge is 0.376 e. The molecule has 0 unspecified atom stereocenters. The van der Waals surface area contributed by atoms with E-state index in [2.05, 4.69) is 15.4 Å². The lowest BCUT2D eigenvalue weighted by Gasteiger charge is -2.12. The number of amides is 2. The highest BCUT2D eigenvalue weighted by atomic mass is 32.2. The molecule has 8 heteroatoms. The molecule has 1 saturated heterocycles. The minimum absolute atomic E-state index is 0.0565. The minimum atomic E-state index is -3.27. The summed E-state index contributed by atoms with van der Waals surface area (Å²) < 4.78 is 30.6. The van der Waals surface area contributed by atoms with Crippen LogP contribution in [-0.4, -0.2) is 40.8 Å². The molecule has 1 aliphatic heterocycles. The molecule has 0 radical (unpaired) electrons. The Morgan fingerprint density at radius 2 is 1.91 bits per heavy atom. The van der Waals surface area contributed by atoms with Gasteiger partial charge in [0.15, 0.2) is 0 Å². The first-order valence-corrected chi connectivity index (χ1v) is 9.26. The molecule has 1 atom stereocenters. The third-order valence-electron chi connectivity index (χ3n) is 3.66. The normalized spacial score (nSPS) is 17.9. The summed E-state index contributed by atoms with van der Waals surface area (Å²) >= 11 is 0. The van der Waals surface area contributed by atoms with Gasteiger partial charge in [-0.25, -0.2) is 17.9 Å². The molecule has 128 valence electrons. The molecule has 0 aromatic heterocycles. The van der Waals surface area contributed by atoms with Gasteiger partial charge in [0.25, 0.3) is 0 Å². The van der Waals surface area contributed by atoms with Gasteiger partial charge >= 0.3 is 6.03 Å². The maximum absolute atomic E-state index is 11.7. The van der Waals surface area contributed by atoms with Crippen molar-refractivity contribution < 1.29 is 17.9 Å². The highest BCUT2D eigenvalue weighted by Crippen LogP contribution is 2.10. The van der Waals surface area contributed by atoms with Crippen molar-refractivity contribution in [3.05, 3.63) is 35.4 Å². The molecule has 7 nitrogen and oxygen atoms in total. The Morgan fingerprint density at radius 3 is 2.52 bits per heavy atom. The zero-order valence-electron chi connectivity index (χ0n) is 13.2. The van der Waals surface area contributed by atoms with Gasteiger partial charge < -0.3 is 15.4 Å². The molecule has 1 aromatic rings. The Labute approximate surface area is 136 Å². The molecular formula is C15H23N3O4S. The number of urea groups is 1. The van der Waals surface area contributed by atoms with Crippen molar-refractivity contribution in [2.75, 3.05) is 20.2 Å². The van der Waals surface area contributed by atoms with Crippen molar-refractivity contribution in [3.63, 3.8) is 0 Å². The van der Waals surface area contributed by atoms with Crippen LogP contribution in [0.25, 0.3) is 0 Å². The number of rotatable bonds is 7. The molecule has 23 heavy (non-hydrogen) atoms. The summed E-state index contributed by atoms with van der Waals surface area (Å²) in [6.07, 6.45) is 2.15. The Bertz CT molecular complexity index is 610. The molecule has 1 fully saturated rings. The first-order valence-electron chi connectivity index (χ1n) is 7.61. The number of nitrogens with one attached hydrogen (secondary N) is 3. The SMILES string of the molecule is CNS(=O)(=O)Cc1ccc(CNC(=O)NC[C@@H]2CCCO2)cc1. The fourth-order valence-electron chi connectivity index (χ4n) is 2.30. The van der Waals surface area contributed by atoms with Crippen molar-refractivity contribution >= 4 is 16.1 Å². The van der Waals surface area contributed by atoms with E-state index in [1.165, 1.54) is 7.05 Å². The topological polar surface area (TPSA) is 96.5 Å². The van der Waals surface area contributed by atoms with Crippen LogP contribution in [0.15, 0.2) is 24.3 Å². The van der Waals surface area contributed by atoms with Crippen molar-refractivity contribution in [2.24, 2.45) is 0 Å². The second-order valence-corrected chi connectivity index (χ2v) is 7.40. The Morgan fingerprint density at radius 1 is 1.22 bits per heavy atom. The molecule has 1 aliphatic rings. The van der Waals surface area contributed by atoms with E-state index in [1.54, 1.807) is 24.3 Å². The molecular weight excluding hydrogens is 318 g/mol. The van der Waals surface area contributed by atoms with Crippen LogP contribution in [0.1, 0.15) is 24.0 Å². The lowest BCUT2D eigenvalue weighted by molar-refractivity contribution is 0.111. The predicted octanol–water partition coefficient (Wildman–Crippen LogP) is 0.714. The summed E-state index contributed by atoms with van der Waals surface area (Å²) in [6, 6.07) is 6.87.